The lowest BCUT2D eigenvalue weighted by Gasteiger charge is -2.34. The number of nitrogens with zero attached hydrogens (tertiary/aromatic N) is 2. The Labute approximate surface area is 200 Å². The molecule has 34 heavy (non-hydrogen) atoms. The number of hydrogen-bond donors (Lipinski definition) is 1. The lowest BCUT2D eigenvalue weighted by molar-refractivity contribution is -0.137. The van der Waals surface area contributed by atoms with Gasteiger partial charge in [0.2, 0.25) is 15.9 Å². The van der Waals surface area contributed by atoms with Gasteiger partial charge in [-0.2, -0.15) is 13.2 Å². The molecule has 3 aliphatic heterocycles. The molecule has 0 spiro atoms. The third kappa shape index (κ3) is 5.13. The minimum Gasteiger partial charge on any atom is -0.341 e. The molecule has 3 fully saturated rings. The van der Waals surface area contributed by atoms with Crippen molar-refractivity contribution in [2.45, 2.75) is 41.3 Å². The van der Waals surface area contributed by atoms with Crippen LogP contribution in [0, 0.1) is 5.92 Å². The highest BCUT2D eigenvalue weighted by Crippen LogP contribution is 2.43. The fourth-order valence-electron chi connectivity index (χ4n) is 4.82. The SMILES string of the molecule is C=CC(=O)NC1CC2CN(S(=O)(=O)C3CCN(C(=O)c4cccc(C(F)(F)F)c4)CC3)CC2S1. The molecule has 0 saturated carbocycles. The first-order valence-electron chi connectivity index (χ1n) is 11.0. The Hall–Kier alpha value is -2.05. The summed E-state index contributed by atoms with van der Waals surface area (Å²) in [5.41, 5.74) is -0.946. The Morgan fingerprint density at radius 2 is 1.88 bits per heavy atom. The number of likely N-dealkylation sites (tertiary alicyclic amines) is 1. The van der Waals surface area contributed by atoms with Gasteiger partial charge >= 0.3 is 6.18 Å². The average molecular weight is 518 g/mol. The summed E-state index contributed by atoms with van der Waals surface area (Å²) in [6, 6.07) is 4.28. The Kier molecular flexibility index (Phi) is 7.03. The van der Waals surface area contributed by atoms with E-state index >= 15 is 0 Å². The smallest absolute Gasteiger partial charge is 0.341 e. The zero-order valence-corrected chi connectivity index (χ0v) is 20.0. The maximum atomic E-state index is 13.2. The molecule has 3 saturated heterocycles. The van der Waals surface area contributed by atoms with Gasteiger partial charge in [-0.1, -0.05) is 12.6 Å². The van der Waals surface area contributed by atoms with Gasteiger partial charge in [0.15, 0.2) is 0 Å². The molecule has 186 valence electrons. The van der Waals surface area contributed by atoms with Crippen molar-refractivity contribution in [3.05, 3.63) is 48.0 Å². The lowest BCUT2D eigenvalue weighted by atomic mass is 10.1. The summed E-state index contributed by atoms with van der Waals surface area (Å²) >= 11 is 1.58. The maximum absolute atomic E-state index is 13.2. The first-order valence-corrected chi connectivity index (χ1v) is 13.5. The Balaban J connectivity index is 1.33. The van der Waals surface area contributed by atoms with Crippen molar-refractivity contribution < 1.29 is 31.2 Å². The fraction of sp³-hybridized carbons (Fsp3) is 0.545. The number of sulfonamides is 1. The number of thioether (sulfide) groups is 1. The number of fused-ring (bicyclic) bond motifs is 1. The highest BCUT2D eigenvalue weighted by atomic mass is 32.2. The van der Waals surface area contributed by atoms with Gasteiger partial charge in [0, 0.05) is 37.0 Å². The van der Waals surface area contributed by atoms with E-state index in [9.17, 15) is 31.2 Å². The van der Waals surface area contributed by atoms with Crippen molar-refractivity contribution in [3.8, 4) is 0 Å². The molecular weight excluding hydrogens is 491 g/mol. The van der Waals surface area contributed by atoms with Crippen LogP contribution in [0.15, 0.2) is 36.9 Å². The van der Waals surface area contributed by atoms with Crippen molar-refractivity contribution in [3.63, 3.8) is 0 Å². The van der Waals surface area contributed by atoms with E-state index in [0.717, 1.165) is 12.1 Å². The van der Waals surface area contributed by atoms with E-state index in [1.54, 1.807) is 11.8 Å². The minimum atomic E-state index is -4.54. The molecule has 3 aliphatic rings. The summed E-state index contributed by atoms with van der Waals surface area (Å²) in [7, 11) is -3.56. The zero-order chi connectivity index (χ0) is 24.7. The minimum absolute atomic E-state index is 0.0459. The van der Waals surface area contributed by atoms with Crippen LogP contribution >= 0.6 is 11.8 Å². The Morgan fingerprint density at radius 3 is 2.50 bits per heavy atom. The van der Waals surface area contributed by atoms with Gasteiger partial charge in [-0.15, -0.1) is 11.8 Å². The van der Waals surface area contributed by atoms with Crippen LogP contribution in [0.1, 0.15) is 35.2 Å². The molecule has 3 heterocycles. The van der Waals surface area contributed by atoms with Crippen LogP contribution in [0.3, 0.4) is 0 Å². The summed E-state index contributed by atoms with van der Waals surface area (Å²) in [4.78, 5) is 25.6. The van der Waals surface area contributed by atoms with Crippen LogP contribution in [-0.4, -0.2) is 71.5 Å². The Morgan fingerprint density at radius 1 is 1.18 bits per heavy atom. The molecule has 0 radical (unpaired) electrons. The largest absolute Gasteiger partial charge is 0.416 e. The predicted octanol–water partition coefficient (Wildman–Crippen LogP) is 2.71. The standard InChI is InChI=1S/C22H26F3N3O4S2/c1-2-19(29)26-20-11-15-12-28(13-18(15)33-20)34(31,32)17-6-8-27(9-7-17)21(30)14-4-3-5-16(10-14)22(23,24)25/h2-5,10,15,17-18,20H,1,6-9,11-13H2,(H,26,29). The third-order valence-corrected chi connectivity index (χ3v) is 10.5. The van der Waals surface area contributed by atoms with Crippen LogP contribution in [0.5, 0.6) is 0 Å². The van der Waals surface area contributed by atoms with Crippen molar-refractivity contribution in [2.24, 2.45) is 5.92 Å². The number of halogens is 3. The maximum Gasteiger partial charge on any atom is 0.416 e. The van der Waals surface area contributed by atoms with E-state index in [1.165, 1.54) is 27.4 Å². The van der Waals surface area contributed by atoms with E-state index < -0.39 is 32.9 Å². The summed E-state index contributed by atoms with van der Waals surface area (Å²) in [6.07, 6.45) is -2.14. The Bertz CT molecular complexity index is 1060. The number of hydrogen-bond acceptors (Lipinski definition) is 5. The van der Waals surface area contributed by atoms with Crippen LogP contribution in [0.2, 0.25) is 0 Å². The van der Waals surface area contributed by atoms with Crippen molar-refractivity contribution >= 4 is 33.6 Å². The van der Waals surface area contributed by atoms with Gasteiger partial charge in [-0.05, 0) is 49.5 Å². The van der Waals surface area contributed by atoms with E-state index in [0.29, 0.717) is 19.5 Å². The van der Waals surface area contributed by atoms with Gasteiger partial charge in [0.25, 0.3) is 5.91 Å². The summed E-state index contributed by atoms with van der Waals surface area (Å²) in [5.74, 6) is -0.604. The number of benzene rings is 1. The van der Waals surface area contributed by atoms with Crippen molar-refractivity contribution in [2.75, 3.05) is 26.2 Å². The molecule has 0 aromatic heterocycles. The molecule has 0 aliphatic carbocycles. The molecule has 3 atom stereocenters. The van der Waals surface area contributed by atoms with Gasteiger partial charge in [-0.3, -0.25) is 9.59 Å². The highest BCUT2D eigenvalue weighted by molar-refractivity contribution is 8.00. The van der Waals surface area contributed by atoms with E-state index in [4.69, 9.17) is 0 Å². The van der Waals surface area contributed by atoms with Crippen LogP contribution < -0.4 is 5.32 Å². The summed E-state index contributed by atoms with van der Waals surface area (Å²) in [6.45, 7) is 4.58. The highest BCUT2D eigenvalue weighted by Gasteiger charge is 2.47. The molecule has 4 rings (SSSR count). The molecule has 1 aromatic rings. The van der Waals surface area contributed by atoms with E-state index in [-0.39, 0.29) is 53.9 Å². The zero-order valence-electron chi connectivity index (χ0n) is 18.3. The molecule has 1 aromatic carbocycles. The van der Waals surface area contributed by atoms with Crippen LogP contribution in [-0.2, 0) is 21.0 Å². The number of carbonyl (C=O) groups is 2. The molecule has 3 unspecified atom stereocenters. The van der Waals surface area contributed by atoms with Crippen molar-refractivity contribution in [1.82, 2.24) is 14.5 Å². The van der Waals surface area contributed by atoms with Crippen molar-refractivity contribution in [1.29, 1.82) is 0 Å². The van der Waals surface area contributed by atoms with Gasteiger partial charge < -0.3 is 10.2 Å². The van der Waals surface area contributed by atoms with Crippen LogP contribution in [0.4, 0.5) is 13.2 Å². The van der Waals surface area contributed by atoms with Gasteiger partial charge in [0.05, 0.1) is 16.2 Å². The fourth-order valence-corrected chi connectivity index (χ4v) is 8.56. The molecule has 2 amide bonds. The van der Waals surface area contributed by atoms with Gasteiger partial charge in [-0.25, -0.2) is 12.7 Å². The number of piperidine rings is 1. The topological polar surface area (TPSA) is 86.8 Å². The number of carbonyl (C=O) groups excluding carboxylic acids is 2. The molecule has 7 nitrogen and oxygen atoms in total. The molecule has 0 bridgehead atoms. The number of amides is 2. The lowest BCUT2D eigenvalue weighted by Crippen LogP contribution is -2.46. The van der Waals surface area contributed by atoms with E-state index in [2.05, 4.69) is 11.9 Å². The quantitative estimate of drug-likeness (QED) is 0.607. The monoisotopic (exact) mass is 517 g/mol. The van der Waals surface area contributed by atoms with Crippen LogP contribution in [0.25, 0.3) is 0 Å². The predicted molar refractivity (Wildman–Crippen MR) is 122 cm³/mol. The average Bonchev–Trinajstić information content (AvgIpc) is 3.37. The summed E-state index contributed by atoms with van der Waals surface area (Å²) < 4.78 is 66.9. The number of nitrogens with one attached hydrogen (secondary N) is 1. The number of alkyl halides is 3. The second-order valence-corrected chi connectivity index (χ2v) is 12.5. The second kappa shape index (κ2) is 9.54. The molecular formula is C22H26F3N3O4S2. The van der Waals surface area contributed by atoms with Gasteiger partial charge in [0.1, 0.15) is 0 Å². The second-order valence-electron chi connectivity index (χ2n) is 8.80. The first-order chi connectivity index (χ1) is 16.0. The molecule has 12 heteroatoms. The molecule has 1 N–H and O–H groups in total. The van der Waals surface area contributed by atoms with E-state index in [1.807, 2.05) is 0 Å². The number of rotatable bonds is 5. The first kappa shape index (κ1) is 25.1. The normalized spacial score (nSPS) is 26.3. The third-order valence-electron chi connectivity index (χ3n) is 6.64. The summed E-state index contributed by atoms with van der Waals surface area (Å²) in [5, 5.41) is 2.30.